The number of phenols is 1. The van der Waals surface area contributed by atoms with Gasteiger partial charge in [-0.1, -0.05) is 12.1 Å². The molecule has 2 aromatic rings. The molecule has 5 heteroatoms. The minimum absolute atomic E-state index is 0.0960. The largest absolute Gasteiger partial charge is 0.507 e. The number of methoxy groups -OCH3 is 2. The molecular weight excluding hydrogens is 282 g/mol. The third-order valence-electron chi connectivity index (χ3n) is 3.31. The Bertz CT molecular complexity index is 638. The standard InChI is InChI=1S/C17H19NO4/c1-21-13-5-3-12(4-6-13)9-10-18-17(20)15-8-7-14(22-2)11-16(15)19/h3-8,11,19H,9-10H2,1-2H3,(H,18,20). The van der Waals surface area contributed by atoms with Crippen molar-refractivity contribution in [3.8, 4) is 17.2 Å². The molecule has 0 bridgehead atoms. The number of phenolic OH excluding ortho intramolecular Hbond substituents is 1. The number of carbonyl (C=O) groups is 1. The van der Waals surface area contributed by atoms with Crippen molar-refractivity contribution in [3.05, 3.63) is 53.6 Å². The third-order valence-corrected chi connectivity index (χ3v) is 3.31. The lowest BCUT2D eigenvalue weighted by atomic mass is 10.1. The summed E-state index contributed by atoms with van der Waals surface area (Å²) in [5.74, 6) is 0.901. The van der Waals surface area contributed by atoms with Crippen LogP contribution in [0.25, 0.3) is 0 Å². The lowest BCUT2D eigenvalue weighted by Crippen LogP contribution is -2.25. The molecule has 0 aromatic heterocycles. The molecule has 0 spiro atoms. The van der Waals surface area contributed by atoms with Crippen molar-refractivity contribution in [3.63, 3.8) is 0 Å². The Hall–Kier alpha value is -2.69. The third kappa shape index (κ3) is 3.91. The Balaban J connectivity index is 1.89. The zero-order valence-corrected chi connectivity index (χ0v) is 12.6. The van der Waals surface area contributed by atoms with Crippen LogP contribution >= 0.6 is 0 Å². The number of rotatable bonds is 6. The van der Waals surface area contributed by atoms with Crippen molar-refractivity contribution in [1.82, 2.24) is 5.32 Å². The monoisotopic (exact) mass is 301 g/mol. The van der Waals surface area contributed by atoms with E-state index >= 15 is 0 Å². The number of hydrogen-bond acceptors (Lipinski definition) is 4. The summed E-state index contributed by atoms with van der Waals surface area (Å²) in [6.07, 6.45) is 0.701. The van der Waals surface area contributed by atoms with E-state index in [1.165, 1.54) is 19.2 Å². The van der Waals surface area contributed by atoms with Crippen molar-refractivity contribution >= 4 is 5.91 Å². The Morgan fingerprint density at radius 3 is 2.27 bits per heavy atom. The van der Waals surface area contributed by atoms with Crippen molar-refractivity contribution in [2.75, 3.05) is 20.8 Å². The summed E-state index contributed by atoms with van der Waals surface area (Å²) in [6, 6.07) is 12.3. The Labute approximate surface area is 129 Å². The van der Waals surface area contributed by atoms with Crippen LogP contribution in [0.5, 0.6) is 17.2 Å². The first-order valence-corrected chi connectivity index (χ1v) is 6.92. The van der Waals surface area contributed by atoms with Gasteiger partial charge in [-0.2, -0.15) is 0 Å². The molecular formula is C17H19NO4. The minimum atomic E-state index is -0.311. The van der Waals surface area contributed by atoms with Crippen LogP contribution in [0.3, 0.4) is 0 Å². The van der Waals surface area contributed by atoms with Crippen molar-refractivity contribution < 1.29 is 19.4 Å². The van der Waals surface area contributed by atoms with E-state index in [0.717, 1.165) is 11.3 Å². The van der Waals surface area contributed by atoms with Crippen molar-refractivity contribution in [1.29, 1.82) is 0 Å². The maximum absolute atomic E-state index is 12.0. The average Bonchev–Trinajstić information content (AvgIpc) is 2.55. The number of ether oxygens (including phenoxy) is 2. The lowest BCUT2D eigenvalue weighted by molar-refractivity contribution is 0.0951. The van der Waals surface area contributed by atoms with E-state index < -0.39 is 0 Å². The van der Waals surface area contributed by atoms with Crippen LogP contribution in [-0.2, 0) is 6.42 Å². The highest BCUT2D eigenvalue weighted by Gasteiger charge is 2.11. The summed E-state index contributed by atoms with van der Waals surface area (Å²) in [6.45, 7) is 0.483. The van der Waals surface area contributed by atoms with Gasteiger partial charge in [0.2, 0.25) is 0 Å². The molecule has 0 fully saturated rings. The molecule has 2 aromatic carbocycles. The van der Waals surface area contributed by atoms with Gasteiger partial charge < -0.3 is 19.9 Å². The summed E-state index contributed by atoms with van der Waals surface area (Å²) in [5.41, 5.74) is 1.33. The topological polar surface area (TPSA) is 67.8 Å². The van der Waals surface area contributed by atoms with Gasteiger partial charge in [-0.05, 0) is 36.2 Å². The summed E-state index contributed by atoms with van der Waals surface area (Å²) < 4.78 is 10.1. The second-order valence-corrected chi connectivity index (χ2v) is 4.74. The molecule has 0 aliphatic carbocycles. The van der Waals surface area contributed by atoms with E-state index in [0.29, 0.717) is 18.7 Å². The first-order chi connectivity index (χ1) is 10.6. The van der Waals surface area contributed by atoms with Gasteiger partial charge in [-0.3, -0.25) is 4.79 Å². The predicted molar refractivity (Wildman–Crippen MR) is 83.7 cm³/mol. The predicted octanol–water partition coefficient (Wildman–Crippen LogP) is 2.38. The van der Waals surface area contributed by atoms with Crippen LogP contribution in [-0.4, -0.2) is 31.8 Å². The summed E-state index contributed by atoms with van der Waals surface area (Å²) >= 11 is 0. The normalized spacial score (nSPS) is 10.1. The van der Waals surface area contributed by atoms with Gasteiger partial charge >= 0.3 is 0 Å². The summed E-state index contributed by atoms with van der Waals surface area (Å²) in [5, 5.41) is 12.6. The first-order valence-electron chi connectivity index (χ1n) is 6.92. The minimum Gasteiger partial charge on any atom is -0.507 e. The number of benzene rings is 2. The fraction of sp³-hybridized carbons (Fsp3) is 0.235. The van der Waals surface area contributed by atoms with Crippen LogP contribution in [0.2, 0.25) is 0 Å². The highest BCUT2D eigenvalue weighted by atomic mass is 16.5. The van der Waals surface area contributed by atoms with Gasteiger partial charge in [0.15, 0.2) is 0 Å². The summed E-state index contributed by atoms with van der Waals surface area (Å²) in [4.78, 5) is 12.0. The van der Waals surface area contributed by atoms with E-state index in [1.807, 2.05) is 24.3 Å². The zero-order chi connectivity index (χ0) is 15.9. The van der Waals surface area contributed by atoms with E-state index in [4.69, 9.17) is 9.47 Å². The molecule has 116 valence electrons. The molecule has 2 rings (SSSR count). The zero-order valence-electron chi connectivity index (χ0n) is 12.6. The molecule has 0 saturated carbocycles. The highest BCUT2D eigenvalue weighted by molar-refractivity contribution is 5.97. The molecule has 0 radical (unpaired) electrons. The average molecular weight is 301 g/mol. The van der Waals surface area contributed by atoms with Gasteiger partial charge in [0.05, 0.1) is 19.8 Å². The number of amides is 1. The van der Waals surface area contributed by atoms with Gasteiger partial charge in [0.1, 0.15) is 17.2 Å². The molecule has 0 saturated heterocycles. The number of hydrogen-bond donors (Lipinski definition) is 2. The Morgan fingerprint density at radius 2 is 1.68 bits per heavy atom. The molecule has 0 aliphatic heterocycles. The quantitative estimate of drug-likeness (QED) is 0.859. The molecule has 1 amide bonds. The van der Waals surface area contributed by atoms with Crippen LogP contribution < -0.4 is 14.8 Å². The van der Waals surface area contributed by atoms with E-state index in [1.54, 1.807) is 13.2 Å². The van der Waals surface area contributed by atoms with Gasteiger partial charge in [-0.15, -0.1) is 0 Å². The maximum atomic E-state index is 12.0. The summed E-state index contributed by atoms with van der Waals surface area (Å²) in [7, 11) is 3.12. The van der Waals surface area contributed by atoms with Gasteiger partial charge in [0.25, 0.3) is 5.91 Å². The Morgan fingerprint density at radius 1 is 1.05 bits per heavy atom. The fourth-order valence-corrected chi connectivity index (χ4v) is 2.04. The molecule has 0 unspecified atom stereocenters. The molecule has 0 heterocycles. The maximum Gasteiger partial charge on any atom is 0.255 e. The smallest absolute Gasteiger partial charge is 0.255 e. The highest BCUT2D eigenvalue weighted by Crippen LogP contribution is 2.23. The molecule has 0 atom stereocenters. The molecule has 2 N–H and O–H groups in total. The van der Waals surface area contributed by atoms with E-state index in [-0.39, 0.29) is 17.2 Å². The second-order valence-electron chi connectivity index (χ2n) is 4.74. The Kier molecular flexibility index (Phi) is 5.25. The fourth-order valence-electron chi connectivity index (χ4n) is 2.04. The number of aromatic hydroxyl groups is 1. The van der Waals surface area contributed by atoms with Crippen LogP contribution in [0.15, 0.2) is 42.5 Å². The first kappa shape index (κ1) is 15.7. The van der Waals surface area contributed by atoms with E-state index in [2.05, 4.69) is 5.32 Å². The van der Waals surface area contributed by atoms with Gasteiger partial charge in [-0.25, -0.2) is 0 Å². The van der Waals surface area contributed by atoms with Crippen LogP contribution in [0, 0.1) is 0 Å². The molecule has 5 nitrogen and oxygen atoms in total. The molecule has 22 heavy (non-hydrogen) atoms. The number of nitrogens with one attached hydrogen (secondary N) is 1. The van der Waals surface area contributed by atoms with E-state index in [9.17, 15) is 9.90 Å². The number of carbonyl (C=O) groups excluding carboxylic acids is 1. The lowest BCUT2D eigenvalue weighted by Gasteiger charge is -2.08. The van der Waals surface area contributed by atoms with Crippen molar-refractivity contribution in [2.45, 2.75) is 6.42 Å². The van der Waals surface area contributed by atoms with Crippen molar-refractivity contribution in [2.24, 2.45) is 0 Å². The van der Waals surface area contributed by atoms with Crippen LogP contribution in [0.4, 0.5) is 0 Å². The van der Waals surface area contributed by atoms with Crippen LogP contribution in [0.1, 0.15) is 15.9 Å². The molecule has 0 aliphatic rings. The van der Waals surface area contributed by atoms with Gasteiger partial charge in [0, 0.05) is 12.6 Å². The second kappa shape index (κ2) is 7.36. The SMILES string of the molecule is COc1ccc(CCNC(=O)c2ccc(OC)cc2O)cc1.